The van der Waals surface area contributed by atoms with Crippen molar-refractivity contribution in [2.75, 3.05) is 11.4 Å². The van der Waals surface area contributed by atoms with Gasteiger partial charge in [-0.05, 0) is 36.6 Å². The highest BCUT2D eigenvalue weighted by atomic mass is 32.2. The molecule has 0 fully saturated rings. The second-order valence-corrected chi connectivity index (χ2v) is 7.57. The molecule has 0 spiro atoms. The van der Waals surface area contributed by atoms with Crippen LogP contribution >= 0.6 is 11.3 Å². The molecule has 0 aliphatic carbocycles. The number of aromatic nitrogens is 2. The third-order valence-corrected chi connectivity index (χ3v) is 6.22. The minimum Gasteiger partial charge on any atom is -0.342 e. The van der Waals surface area contributed by atoms with Gasteiger partial charge in [0.1, 0.15) is 10.0 Å². The van der Waals surface area contributed by atoms with Crippen LogP contribution < -0.4 is 4.31 Å². The zero-order valence-electron chi connectivity index (χ0n) is 11.0. The molecule has 7 heteroatoms. The van der Waals surface area contributed by atoms with Gasteiger partial charge >= 0.3 is 0 Å². The molecule has 2 aromatic heterocycles. The summed E-state index contributed by atoms with van der Waals surface area (Å²) in [5.74, 6) is 0.806. The van der Waals surface area contributed by atoms with E-state index < -0.39 is 10.0 Å². The van der Waals surface area contributed by atoms with E-state index in [1.54, 1.807) is 36.7 Å². The van der Waals surface area contributed by atoms with Crippen molar-refractivity contribution in [3.05, 3.63) is 41.5 Å². The Balaban J connectivity index is 2.06. The van der Waals surface area contributed by atoms with E-state index in [0.717, 1.165) is 16.9 Å². The number of sulfonamides is 1. The van der Waals surface area contributed by atoms with Crippen molar-refractivity contribution in [2.45, 2.75) is 11.1 Å². The number of imidazole rings is 1. The predicted molar refractivity (Wildman–Crippen MR) is 80.7 cm³/mol. The number of H-pyrrole nitrogens is 1. The number of nitrogens with zero attached hydrogens (tertiary/aromatic N) is 2. The van der Waals surface area contributed by atoms with Gasteiger partial charge in [0.25, 0.3) is 10.0 Å². The van der Waals surface area contributed by atoms with Crippen LogP contribution in [-0.2, 0) is 10.0 Å². The number of benzene rings is 1. The summed E-state index contributed by atoms with van der Waals surface area (Å²) in [6, 6.07) is 8.70. The summed E-state index contributed by atoms with van der Waals surface area (Å²) in [4.78, 5) is 7.41. The van der Waals surface area contributed by atoms with Crippen LogP contribution in [0, 0.1) is 6.92 Å². The Labute approximate surface area is 120 Å². The molecular formula is C13H13N3O2S2. The largest absolute Gasteiger partial charge is 0.342 e. The van der Waals surface area contributed by atoms with E-state index in [2.05, 4.69) is 9.97 Å². The number of hydrogen-bond acceptors (Lipinski definition) is 4. The zero-order valence-corrected chi connectivity index (χ0v) is 12.6. The van der Waals surface area contributed by atoms with Crippen molar-refractivity contribution >= 4 is 38.1 Å². The van der Waals surface area contributed by atoms with Crippen molar-refractivity contribution in [1.82, 2.24) is 9.97 Å². The topological polar surface area (TPSA) is 66.1 Å². The van der Waals surface area contributed by atoms with Crippen molar-refractivity contribution in [3.8, 4) is 0 Å². The molecule has 0 saturated heterocycles. The Morgan fingerprint density at radius 2 is 2.10 bits per heavy atom. The first-order chi connectivity index (χ1) is 9.48. The third-order valence-electron chi connectivity index (χ3n) is 3.06. The fraction of sp³-hybridized carbons (Fsp3) is 0.154. The van der Waals surface area contributed by atoms with Gasteiger partial charge in [-0.25, -0.2) is 13.4 Å². The van der Waals surface area contributed by atoms with Gasteiger partial charge in [0, 0.05) is 7.05 Å². The van der Waals surface area contributed by atoms with Gasteiger partial charge in [0.05, 0.1) is 16.7 Å². The maximum atomic E-state index is 12.4. The smallest absolute Gasteiger partial charge is 0.273 e. The molecule has 0 aliphatic heterocycles. The molecule has 0 bridgehead atoms. The maximum absolute atomic E-state index is 12.4. The van der Waals surface area contributed by atoms with E-state index >= 15 is 0 Å². The number of rotatable bonds is 3. The fourth-order valence-electron chi connectivity index (χ4n) is 2.01. The van der Waals surface area contributed by atoms with E-state index in [1.807, 2.05) is 13.0 Å². The average Bonchev–Trinajstić information content (AvgIpc) is 3.04. The number of fused-ring (bicyclic) bond motifs is 1. The van der Waals surface area contributed by atoms with Crippen LogP contribution in [0.4, 0.5) is 5.69 Å². The SMILES string of the molecule is Cc1nc2ccc(N(C)S(=O)(=O)c3cccs3)cc2[nH]1. The summed E-state index contributed by atoms with van der Waals surface area (Å²) in [7, 11) is -1.94. The quantitative estimate of drug-likeness (QED) is 0.809. The van der Waals surface area contributed by atoms with Crippen LogP contribution in [0.15, 0.2) is 39.9 Å². The first-order valence-corrected chi connectivity index (χ1v) is 8.29. The van der Waals surface area contributed by atoms with E-state index in [9.17, 15) is 8.42 Å². The summed E-state index contributed by atoms with van der Waals surface area (Å²) in [5.41, 5.74) is 2.26. The van der Waals surface area contributed by atoms with Crippen LogP contribution in [-0.4, -0.2) is 25.4 Å². The van der Waals surface area contributed by atoms with Crippen molar-refractivity contribution in [2.24, 2.45) is 0 Å². The van der Waals surface area contributed by atoms with E-state index in [0.29, 0.717) is 9.90 Å². The van der Waals surface area contributed by atoms with Crippen molar-refractivity contribution < 1.29 is 8.42 Å². The Kier molecular flexibility index (Phi) is 3.02. The minimum absolute atomic E-state index is 0.334. The summed E-state index contributed by atoms with van der Waals surface area (Å²) >= 11 is 1.21. The summed E-state index contributed by atoms with van der Waals surface area (Å²) in [6.07, 6.45) is 0. The molecule has 3 aromatic rings. The lowest BCUT2D eigenvalue weighted by Crippen LogP contribution is -2.25. The molecule has 5 nitrogen and oxygen atoms in total. The summed E-state index contributed by atoms with van der Waals surface area (Å²) < 4.78 is 26.5. The van der Waals surface area contributed by atoms with Crippen molar-refractivity contribution in [3.63, 3.8) is 0 Å². The van der Waals surface area contributed by atoms with E-state index in [-0.39, 0.29) is 0 Å². The molecular weight excluding hydrogens is 294 g/mol. The minimum atomic E-state index is -3.49. The van der Waals surface area contributed by atoms with Gasteiger partial charge in [-0.15, -0.1) is 11.3 Å². The number of thiophene rings is 1. The molecule has 0 aliphatic rings. The Morgan fingerprint density at radius 3 is 2.80 bits per heavy atom. The molecule has 104 valence electrons. The average molecular weight is 307 g/mol. The zero-order chi connectivity index (χ0) is 14.3. The lowest BCUT2D eigenvalue weighted by Gasteiger charge is -2.18. The molecule has 20 heavy (non-hydrogen) atoms. The van der Waals surface area contributed by atoms with Crippen LogP contribution in [0.25, 0.3) is 11.0 Å². The fourth-order valence-corrected chi connectivity index (χ4v) is 4.35. The van der Waals surface area contributed by atoms with Crippen LogP contribution in [0.3, 0.4) is 0 Å². The van der Waals surface area contributed by atoms with Crippen molar-refractivity contribution in [1.29, 1.82) is 0 Å². The number of aryl methyl sites for hydroxylation is 1. The molecule has 0 amide bonds. The van der Waals surface area contributed by atoms with Crippen LogP contribution in [0.5, 0.6) is 0 Å². The second kappa shape index (κ2) is 4.60. The summed E-state index contributed by atoms with van der Waals surface area (Å²) in [6.45, 7) is 1.87. The van der Waals surface area contributed by atoms with E-state index in [4.69, 9.17) is 0 Å². The highest BCUT2D eigenvalue weighted by Crippen LogP contribution is 2.27. The lowest BCUT2D eigenvalue weighted by molar-refractivity contribution is 0.596. The normalized spacial score (nSPS) is 11.9. The molecule has 1 aromatic carbocycles. The Bertz CT molecular complexity index is 851. The van der Waals surface area contributed by atoms with Gasteiger partial charge in [-0.1, -0.05) is 6.07 Å². The molecule has 0 atom stereocenters. The third kappa shape index (κ3) is 2.08. The van der Waals surface area contributed by atoms with Gasteiger partial charge in [-0.2, -0.15) is 0 Å². The first kappa shape index (κ1) is 13.1. The van der Waals surface area contributed by atoms with Crippen LogP contribution in [0.2, 0.25) is 0 Å². The number of hydrogen-bond donors (Lipinski definition) is 1. The molecule has 2 heterocycles. The van der Waals surface area contributed by atoms with Gasteiger partial charge < -0.3 is 4.98 Å². The molecule has 0 saturated carbocycles. The Morgan fingerprint density at radius 1 is 1.30 bits per heavy atom. The van der Waals surface area contributed by atoms with E-state index in [1.165, 1.54) is 15.6 Å². The first-order valence-electron chi connectivity index (χ1n) is 5.97. The standard InChI is InChI=1S/C13H13N3O2S2/c1-9-14-11-6-5-10(8-12(11)15-9)16(2)20(17,18)13-4-3-7-19-13/h3-8H,1-2H3,(H,14,15). The van der Waals surface area contributed by atoms with Gasteiger partial charge in [-0.3, -0.25) is 4.31 Å². The molecule has 0 unspecified atom stereocenters. The molecule has 0 radical (unpaired) electrons. The highest BCUT2D eigenvalue weighted by Gasteiger charge is 2.22. The van der Waals surface area contributed by atoms with Crippen LogP contribution in [0.1, 0.15) is 5.82 Å². The predicted octanol–water partition coefficient (Wildman–Crippen LogP) is 2.76. The number of anilines is 1. The lowest BCUT2D eigenvalue weighted by atomic mass is 10.3. The maximum Gasteiger partial charge on any atom is 0.273 e. The number of nitrogens with one attached hydrogen (secondary N) is 1. The summed E-state index contributed by atoms with van der Waals surface area (Å²) in [5, 5.41) is 1.75. The number of aromatic amines is 1. The monoisotopic (exact) mass is 307 g/mol. The molecule has 1 N–H and O–H groups in total. The second-order valence-electron chi connectivity index (χ2n) is 4.43. The Hall–Kier alpha value is -1.86. The highest BCUT2D eigenvalue weighted by molar-refractivity contribution is 7.94. The molecule has 3 rings (SSSR count). The van der Waals surface area contributed by atoms with Gasteiger partial charge in [0.2, 0.25) is 0 Å². The van der Waals surface area contributed by atoms with Gasteiger partial charge in [0.15, 0.2) is 0 Å².